The lowest BCUT2D eigenvalue weighted by Crippen LogP contribution is -2.31. The van der Waals surface area contributed by atoms with Crippen LogP contribution in [0.2, 0.25) is 5.02 Å². The molecule has 171 valence electrons. The van der Waals surface area contributed by atoms with Crippen LogP contribution in [0, 0.1) is 6.92 Å². The van der Waals surface area contributed by atoms with Crippen LogP contribution >= 0.6 is 11.6 Å². The van der Waals surface area contributed by atoms with Crippen molar-refractivity contribution >= 4 is 35.2 Å². The molecule has 1 aliphatic heterocycles. The van der Waals surface area contributed by atoms with Crippen LogP contribution in [0.15, 0.2) is 42.9 Å². The summed E-state index contributed by atoms with van der Waals surface area (Å²) in [7, 11) is 3.19. The van der Waals surface area contributed by atoms with E-state index in [0.29, 0.717) is 34.6 Å². The van der Waals surface area contributed by atoms with Crippen molar-refractivity contribution in [2.24, 2.45) is 0 Å². The second kappa shape index (κ2) is 9.99. The number of halogens is 1. The van der Waals surface area contributed by atoms with E-state index in [4.69, 9.17) is 21.3 Å². The molecule has 1 aliphatic rings. The number of carbonyl (C=O) groups is 1. The van der Waals surface area contributed by atoms with E-state index in [9.17, 15) is 4.79 Å². The molecule has 1 radical (unpaired) electrons. The zero-order chi connectivity index (χ0) is 23.4. The summed E-state index contributed by atoms with van der Waals surface area (Å²) in [5.41, 5.74) is 1.23. The molecule has 2 aromatic heterocycles. The van der Waals surface area contributed by atoms with Crippen molar-refractivity contribution in [1.29, 1.82) is 0 Å². The Kier molecular flexibility index (Phi) is 6.88. The van der Waals surface area contributed by atoms with E-state index >= 15 is 0 Å². The Hall–Kier alpha value is -3.46. The average Bonchev–Trinajstić information content (AvgIpc) is 3.28. The molecule has 0 bridgehead atoms. The standard InChI is InChI=1S/C23H25ClN7O2/c1-15-6-4-11-31(15)23-28-14-17(21(32)30(2)22-25-9-5-10-26-22)20(29-23)27-13-16-7-8-19(33-3)18(24)12-16/h5,7-10,12,14-15H,1,4,6,11,13H2,2-3H3,(H,27,28,29)/t15-/m0/s1. The lowest BCUT2D eigenvalue weighted by Gasteiger charge is -2.23. The Morgan fingerprint density at radius 3 is 2.79 bits per heavy atom. The van der Waals surface area contributed by atoms with Crippen LogP contribution in [0.25, 0.3) is 0 Å². The molecule has 0 saturated carbocycles. The molecule has 1 fully saturated rings. The molecule has 10 heteroatoms. The van der Waals surface area contributed by atoms with Gasteiger partial charge in [0.05, 0.1) is 12.1 Å². The second-order valence-corrected chi connectivity index (χ2v) is 8.06. The van der Waals surface area contributed by atoms with Gasteiger partial charge in [0.1, 0.15) is 17.1 Å². The number of benzene rings is 1. The third-order valence-corrected chi connectivity index (χ3v) is 5.77. The van der Waals surface area contributed by atoms with Crippen LogP contribution in [0.5, 0.6) is 5.75 Å². The van der Waals surface area contributed by atoms with Gasteiger partial charge in [-0.2, -0.15) is 4.98 Å². The number of nitrogens with one attached hydrogen (secondary N) is 1. The van der Waals surface area contributed by atoms with Gasteiger partial charge in [0.25, 0.3) is 5.91 Å². The summed E-state index contributed by atoms with van der Waals surface area (Å²) in [6.07, 6.45) is 6.71. The van der Waals surface area contributed by atoms with Crippen LogP contribution < -0.4 is 19.9 Å². The molecule has 1 aromatic carbocycles. The highest BCUT2D eigenvalue weighted by Crippen LogP contribution is 2.27. The number of nitrogens with zero attached hydrogens (tertiary/aromatic N) is 6. The van der Waals surface area contributed by atoms with E-state index in [-0.39, 0.29) is 17.9 Å². The first-order valence-corrected chi connectivity index (χ1v) is 10.9. The summed E-state index contributed by atoms with van der Waals surface area (Å²) in [4.78, 5) is 34.2. The van der Waals surface area contributed by atoms with Gasteiger partial charge < -0.3 is 15.0 Å². The van der Waals surface area contributed by atoms with E-state index in [1.165, 1.54) is 4.90 Å². The number of ether oxygens (including phenoxy) is 1. The monoisotopic (exact) mass is 466 g/mol. The zero-order valence-corrected chi connectivity index (χ0v) is 19.3. The Balaban J connectivity index is 1.64. The summed E-state index contributed by atoms with van der Waals surface area (Å²) in [6, 6.07) is 7.30. The number of anilines is 3. The van der Waals surface area contributed by atoms with Crippen LogP contribution in [0.1, 0.15) is 28.8 Å². The second-order valence-electron chi connectivity index (χ2n) is 7.66. The Labute approximate surface area is 197 Å². The van der Waals surface area contributed by atoms with Crippen LogP contribution in [-0.4, -0.2) is 52.6 Å². The van der Waals surface area contributed by atoms with Gasteiger partial charge >= 0.3 is 0 Å². The largest absolute Gasteiger partial charge is 0.495 e. The number of hydrogen-bond acceptors (Lipinski definition) is 8. The van der Waals surface area contributed by atoms with Crippen molar-refractivity contribution in [2.45, 2.75) is 25.4 Å². The average molecular weight is 467 g/mol. The molecule has 1 atom stereocenters. The quantitative estimate of drug-likeness (QED) is 0.564. The minimum Gasteiger partial charge on any atom is -0.495 e. The Bertz CT molecular complexity index is 1130. The number of aromatic nitrogens is 4. The fraction of sp³-hybridized carbons (Fsp3) is 0.304. The van der Waals surface area contributed by atoms with Crippen molar-refractivity contribution in [2.75, 3.05) is 35.8 Å². The van der Waals surface area contributed by atoms with E-state index in [1.807, 2.05) is 17.0 Å². The van der Waals surface area contributed by atoms with E-state index < -0.39 is 0 Å². The molecule has 4 rings (SSSR count). The third kappa shape index (κ3) is 4.98. The van der Waals surface area contributed by atoms with Gasteiger partial charge in [0.15, 0.2) is 0 Å². The Morgan fingerprint density at radius 2 is 2.12 bits per heavy atom. The third-order valence-electron chi connectivity index (χ3n) is 5.47. The predicted molar refractivity (Wildman–Crippen MR) is 128 cm³/mol. The Morgan fingerprint density at radius 1 is 1.33 bits per heavy atom. The number of carbonyl (C=O) groups excluding carboxylic acids is 1. The first kappa shape index (κ1) is 22.7. The van der Waals surface area contributed by atoms with Crippen molar-refractivity contribution < 1.29 is 9.53 Å². The highest BCUT2D eigenvalue weighted by atomic mass is 35.5. The van der Waals surface area contributed by atoms with Gasteiger partial charge in [-0.3, -0.25) is 9.69 Å². The molecule has 0 aliphatic carbocycles. The van der Waals surface area contributed by atoms with Crippen molar-refractivity contribution in [3.63, 3.8) is 0 Å². The molecule has 1 N–H and O–H groups in total. The first-order valence-electron chi connectivity index (χ1n) is 10.6. The maximum Gasteiger partial charge on any atom is 0.265 e. The van der Waals surface area contributed by atoms with E-state index in [2.05, 4.69) is 27.2 Å². The fourth-order valence-electron chi connectivity index (χ4n) is 3.64. The van der Waals surface area contributed by atoms with Crippen LogP contribution in [0.3, 0.4) is 0 Å². The smallest absolute Gasteiger partial charge is 0.265 e. The number of methoxy groups -OCH3 is 1. The van der Waals surface area contributed by atoms with E-state index in [0.717, 1.165) is 24.9 Å². The van der Waals surface area contributed by atoms with Gasteiger partial charge in [-0.05, 0) is 43.5 Å². The van der Waals surface area contributed by atoms with Gasteiger partial charge in [-0.25, -0.2) is 15.0 Å². The first-order chi connectivity index (χ1) is 16.0. The normalized spacial score (nSPS) is 15.4. The van der Waals surface area contributed by atoms with E-state index in [1.54, 1.807) is 44.9 Å². The molecule has 0 unspecified atom stereocenters. The van der Waals surface area contributed by atoms with Gasteiger partial charge in [0.2, 0.25) is 11.9 Å². The molecule has 3 aromatic rings. The molecule has 1 saturated heterocycles. The molecule has 1 amide bonds. The number of hydrogen-bond donors (Lipinski definition) is 1. The van der Waals surface area contributed by atoms with Crippen molar-refractivity contribution in [3.8, 4) is 5.75 Å². The van der Waals surface area contributed by atoms with Crippen molar-refractivity contribution in [3.05, 3.63) is 65.9 Å². The van der Waals surface area contributed by atoms with Gasteiger partial charge in [0, 0.05) is 44.8 Å². The van der Waals surface area contributed by atoms with Crippen LogP contribution in [-0.2, 0) is 6.54 Å². The molecule has 33 heavy (non-hydrogen) atoms. The number of amides is 1. The molecule has 9 nitrogen and oxygen atoms in total. The summed E-state index contributed by atoms with van der Waals surface area (Å²) in [6.45, 7) is 5.41. The highest BCUT2D eigenvalue weighted by molar-refractivity contribution is 6.32. The molecular formula is C23H25ClN7O2. The predicted octanol–water partition coefficient (Wildman–Crippen LogP) is 3.62. The topological polar surface area (TPSA) is 96.4 Å². The molecular weight excluding hydrogens is 442 g/mol. The maximum atomic E-state index is 13.3. The lowest BCUT2D eigenvalue weighted by molar-refractivity contribution is 0.0991. The van der Waals surface area contributed by atoms with Gasteiger partial charge in [-0.15, -0.1) is 0 Å². The molecule has 3 heterocycles. The minimum atomic E-state index is -0.324. The van der Waals surface area contributed by atoms with Gasteiger partial charge in [-0.1, -0.05) is 17.7 Å². The summed E-state index contributed by atoms with van der Waals surface area (Å²) in [5, 5.41) is 3.78. The molecule has 0 spiro atoms. The zero-order valence-electron chi connectivity index (χ0n) is 18.5. The van der Waals surface area contributed by atoms with Crippen molar-refractivity contribution in [1.82, 2.24) is 19.9 Å². The SMILES string of the molecule is [CH2][C@H]1CCCN1c1ncc(C(=O)N(C)c2ncccn2)c(NCc2ccc(OC)c(Cl)c2)n1. The summed E-state index contributed by atoms with van der Waals surface area (Å²) < 4.78 is 5.22. The van der Waals surface area contributed by atoms with Crippen LogP contribution in [0.4, 0.5) is 17.7 Å². The maximum absolute atomic E-state index is 13.3. The highest BCUT2D eigenvalue weighted by Gasteiger charge is 2.26. The summed E-state index contributed by atoms with van der Waals surface area (Å²) >= 11 is 6.26. The lowest BCUT2D eigenvalue weighted by atomic mass is 10.2. The fourth-order valence-corrected chi connectivity index (χ4v) is 3.92. The number of rotatable bonds is 7. The summed E-state index contributed by atoms with van der Waals surface area (Å²) in [5.74, 6) is 1.52. The minimum absolute atomic E-state index is 0.0974.